The molecule has 0 atom stereocenters. The van der Waals surface area contributed by atoms with E-state index in [4.69, 9.17) is 0 Å². The van der Waals surface area contributed by atoms with E-state index in [1.807, 2.05) is 0 Å². The van der Waals surface area contributed by atoms with E-state index in [1.165, 1.54) is 12.1 Å². The first-order chi connectivity index (χ1) is 13.7. The van der Waals surface area contributed by atoms with Crippen molar-refractivity contribution in [2.75, 3.05) is 6.61 Å². The maximum Gasteiger partial charge on any atom is 0.272 e. The van der Waals surface area contributed by atoms with Crippen LogP contribution in [0.1, 0.15) is 41.2 Å². The van der Waals surface area contributed by atoms with Crippen molar-refractivity contribution in [2.24, 2.45) is 5.92 Å². The van der Waals surface area contributed by atoms with E-state index >= 15 is 0 Å². The number of Topliss-reactive ketones (excluding diaryl/α,β-unsaturated/α-hetero) is 1. The Hall–Kier alpha value is -2.90. The molecule has 0 saturated heterocycles. The first-order valence-electron chi connectivity index (χ1n) is 9.13. The van der Waals surface area contributed by atoms with Crippen LogP contribution in [0.25, 0.3) is 0 Å². The minimum absolute atomic E-state index is 0.0269. The Balaban J connectivity index is 2.02. The van der Waals surface area contributed by atoms with Crippen molar-refractivity contribution in [1.82, 2.24) is 10.3 Å². The molecule has 0 aliphatic rings. The average molecular weight is 408 g/mol. The molecule has 0 aliphatic carbocycles. The third-order valence-electron chi connectivity index (χ3n) is 4.08. The fraction of sp³-hybridized carbons (Fsp3) is 0.381. The molecule has 156 valence electrons. The molecular formula is C21H23F3N2O3. The molecule has 0 bridgehead atoms. The highest BCUT2D eigenvalue weighted by molar-refractivity contribution is 5.94. The molecule has 1 N–H and O–H groups in total. The molecule has 0 radical (unpaired) electrons. The molecule has 8 heteroatoms. The number of aromatic nitrogens is 1. The van der Waals surface area contributed by atoms with Crippen molar-refractivity contribution in [1.29, 1.82) is 0 Å². The van der Waals surface area contributed by atoms with Crippen LogP contribution in [0.4, 0.5) is 13.2 Å². The number of pyridine rings is 1. The summed E-state index contributed by atoms with van der Waals surface area (Å²) in [7, 11) is 0. The first kappa shape index (κ1) is 22.4. The van der Waals surface area contributed by atoms with Gasteiger partial charge in [0.15, 0.2) is 11.6 Å². The van der Waals surface area contributed by atoms with Gasteiger partial charge in [-0.2, -0.15) is 0 Å². The van der Waals surface area contributed by atoms with Gasteiger partial charge >= 0.3 is 0 Å². The second-order valence-electron chi connectivity index (χ2n) is 6.94. The Morgan fingerprint density at radius 3 is 2.52 bits per heavy atom. The lowest BCUT2D eigenvalue weighted by atomic mass is 10.0. The van der Waals surface area contributed by atoms with Gasteiger partial charge < -0.3 is 10.1 Å². The number of aryl methyl sites for hydroxylation is 1. The van der Waals surface area contributed by atoms with E-state index < -0.39 is 24.8 Å². The predicted octanol–water partition coefficient (Wildman–Crippen LogP) is 3.87. The molecule has 0 fully saturated rings. The van der Waals surface area contributed by atoms with Gasteiger partial charge in [0.2, 0.25) is 0 Å². The van der Waals surface area contributed by atoms with Crippen molar-refractivity contribution in [3.05, 3.63) is 58.7 Å². The Kier molecular flexibility index (Phi) is 7.75. The van der Waals surface area contributed by atoms with Gasteiger partial charge in [-0.15, -0.1) is 0 Å². The number of hydrogen-bond acceptors (Lipinski definition) is 4. The van der Waals surface area contributed by atoms with Crippen molar-refractivity contribution in [2.45, 2.75) is 40.2 Å². The lowest BCUT2D eigenvalue weighted by molar-refractivity contribution is -0.121. The zero-order chi connectivity index (χ0) is 21.6. The van der Waals surface area contributed by atoms with Gasteiger partial charge in [0.05, 0.1) is 0 Å². The summed E-state index contributed by atoms with van der Waals surface area (Å²) in [6.45, 7) is 4.47. The van der Waals surface area contributed by atoms with Crippen LogP contribution in [0.5, 0.6) is 5.75 Å². The van der Waals surface area contributed by atoms with Crippen LogP contribution in [0.2, 0.25) is 0 Å². The van der Waals surface area contributed by atoms with Gasteiger partial charge in [-0.25, -0.2) is 13.2 Å². The number of carbonyl (C=O) groups is 2. The number of alkyl halides is 2. The second kappa shape index (κ2) is 10.0. The summed E-state index contributed by atoms with van der Waals surface area (Å²) < 4.78 is 42.9. The fourth-order valence-corrected chi connectivity index (χ4v) is 2.55. The molecule has 5 nitrogen and oxygen atoms in total. The normalized spacial score (nSPS) is 11.0. The Labute approximate surface area is 167 Å². The molecule has 0 spiro atoms. The van der Waals surface area contributed by atoms with Gasteiger partial charge in [-0.05, 0) is 36.8 Å². The monoisotopic (exact) mass is 408 g/mol. The molecule has 1 aromatic heterocycles. The molecule has 1 heterocycles. The number of nitrogens with one attached hydrogen (secondary N) is 1. The van der Waals surface area contributed by atoms with E-state index in [0.717, 1.165) is 6.07 Å². The number of hydrogen-bond donors (Lipinski definition) is 1. The maximum atomic E-state index is 13.9. The Morgan fingerprint density at radius 1 is 1.17 bits per heavy atom. The van der Waals surface area contributed by atoms with E-state index in [1.54, 1.807) is 32.9 Å². The maximum absolute atomic E-state index is 13.9. The third-order valence-corrected chi connectivity index (χ3v) is 4.08. The summed E-state index contributed by atoms with van der Waals surface area (Å²) in [5.74, 6) is -1.56. The van der Waals surface area contributed by atoms with Gasteiger partial charge in [0, 0.05) is 35.8 Å². The summed E-state index contributed by atoms with van der Waals surface area (Å²) >= 11 is 0. The summed E-state index contributed by atoms with van der Waals surface area (Å²) in [5.41, 5.74) is 1.92. The summed E-state index contributed by atoms with van der Waals surface area (Å²) in [6.07, 6.45) is -2.55. The zero-order valence-electron chi connectivity index (χ0n) is 16.5. The molecule has 2 aromatic rings. The van der Waals surface area contributed by atoms with E-state index in [0.29, 0.717) is 22.5 Å². The van der Waals surface area contributed by atoms with Crippen LogP contribution in [0.3, 0.4) is 0 Å². The summed E-state index contributed by atoms with van der Waals surface area (Å²) in [5, 5.41) is 2.66. The summed E-state index contributed by atoms with van der Waals surface area (Å²) in [4.78, 5) is 28.7. The predicted molar refractivity (Wildman–Crippen MR) is 102 cm³/mol. The minimum atomic E-state index is -2.70. The van der Waals surface area contributed by atoms with Crippen molar-refractivity contribution in [3.63, 3.8) is 0 Å². The number of benzene rings is 1. The van der Waals surface area contributed by atoms with E-state index in [-0.39, 0.29) is 30.4 Å². The Morgan fingerprint density at radius 2 is 1.90 bits per heavy atom. The number of rotatable bonds is 9. The van der Waals surface area contributed by atoms with Crippen molar-refractivity contribution >= 4 is 11.7 Å². The largest absolute Gasteiger partial charge is 0.485 e. The quantitative estimate of drug-likeness (QED) is 0.684. The molecule has 29 heavy (non-hydrogen) atoms. The van der Waals surface area contributed by atoms with Gasteiger partial charge in [0.25, 0.3) is 12.3 Å². The lowest BCUT2D eigenvalue weighted by Gasteiger charge is -2.10. The molecule has 1 amide bonds. The smallest absolute Gasteiger partial charge is 0.272 e. The number of ether oxygens (including phenoxy) is 1. The van der Waals surface area contributed by atoms with E-state index in [9.17, 15) is 22.8 Å². The van der Waals surface area contributed by atoms with Crippen LogP contribution in [-0.2, 0) is 17.8 Å². The van der Waals surface area contributed by atoms with Crippen LogP contribution in [0.15, 0.2) is 30.3 Å². The molecule has 0 unspecified atom stereocenters. The Bertz CT molecular complexity index is 885. The SMILES string of the molecule is Cc1cc(C(=O)NCc2ccc(OCC(F)F)c(F)c2)cc(CC(=O)C(C)C)n1. The first-order valence-corrected chi connectivity index (χ1v) is 9.13. The standard InChI is InChI=1S/C21H23F3N2O3/c1-12(2)18(27)9-16-8-15(6-13(3)26-16)21(28)25-10-14-4-5-19(17(22)7-14)29-11-20(23)24/h4-8,12,20H,9-11H2,1-3H3,(H,25,28). The molecule has 0 saturated carbocycles. The zero-order valence-corrected chi connectivity index (χ0v) is 16.5. The number of amides is 1. The van der Waals surface area contributed by atoms with Crippen LogP contribution < -0.4 is 10.1 Å². The molecule has 1 aromatic carbocycles. The van der Waals surface area contributed by atoms with Crippen molar-refractivity contribution < 1.29 is 27.5 Å². The van der Waals surface area contributed by atoms with Gasteiger partial charge in [0.1, 0.15) is 12.4 Å². The van der Waals surface area contributed by atoms with Crippen LogP contribution in [0, 0.1) is 18.7 Å². The lowest BCUT2D eigenvalue weighted by Crippen LogP contribution is -2.23. The average Bonchev–Trinajstić information content (AvgIpc) is 2.64. The number of carbonyl (C=O) groups excluding carboxylic acids is 2. The fourth-order valence-electron chi connectivity index (χ4n) is 2.55. The topological polar surface area (TPSA) is 68.3 Å². The highest BCUT2D eigenvalue weighted by atomic mass is 19.3. The second-order valence-corrected chi connectivity index (χ2v) is 6.94. The molecular weight excluding hydrogens is 385 g/mol. The number of ketones is 1. The number of halogens is 3. The van der Waals surface area contributed by atoms with Crippen LogP contribution >= 0.6 is 0 Å². The highest BCUT2D eigenvalue weighted by Crippen LogP contribution is 2.19. The van der Waals surface area contributed by atoms with E-state index in [2.05, 4.69) is 15.0 Å². The minimum Gasteiger partial charge on any atom is -0.485 e. The summed E-state index contributed by atoms with van der Waals surface area (Å²) in [6, 6.07) is 7.00. The molecule has 2 rings (SSSR count). The van der Waals surface area contributed by atoms with Gasteiger partial charge in [-0.3, -0.25) is 14.6 Å². The van der Waals surface area contributed by atoms with Crippen molar-refractivity contribution in [3.8, 4) is 5.75 Å². The number of nitrogens with zero attached hydrogens (tertiary/aromatic N) is 1. The molecule has 0 aliphatic heterocycles. The third kappa shape index (κ3) is 6.89. The van der Waals surface area contributed by atoms with Gasteiger partial charge in [-0.1, -0.05) is 19.9 Å². The highest BCUT2D eigenvalue weighted by Gasteiger charge is 2.14. The van der Waals surface area contributed by atoms with Crippen LogP contribution in [-0.4, -0.2) is 29.7 Å².